The van der Waals surface area contributed by atoms with Gasteiger partial charge in [-0.05, 0) is 24.5 Å². The number of aliphatic carboxylic acids is 1. The number of hydrogen-bond acceptors (Lipinski definition) is 3. The van der Waals surface area contributed by atoms with Gasteiger partial charge in [0, 0.05) is 24.2 Å². The van der Waals surface area contributed by atoms with Crippen LogP contribution in [0.5, 0.6) is 0 Å². The molecule has 0 bridgehead atoms. The van der Waals surface area contributed by atoms with Crippen LogP contribution in [0.25, 0.3) is 10.9 Å². The van der Waals surface area contributed by atoms with Crippen LogP contribution < -0.4 is 0 Å². The maximum atomic E-state index is 10.9. The molecule has 2 aromatic rings. The van der Waals surface area contributed by atoms with E-state index in [-0.39, 0.29) is 6.54 Å². The second kappa shape index (κ2) is 4.97. The minimum atomic E-state index is -0.764. The highest BCUT2D eigenvalue weighted by Crippen LogP contribution is 2.29. The molecule has 4 heteroatoms. The molecule has 0 amide bonds. The Labute approximate surface area is 111 Å². The molecular formula is C15H16N2O2. The second-order valence-corrected chi connectivity index (χ2v) is 5.02. The van der Waals surface area contributed by atoms with Gasteiger partial charge in [-0.3, -0.25) is 14.7 Å². The average Bonchev–Trinajstić information content (AvgIpc) is 3.22. The topological polar surface area (TPSA) is 53.4 Å². The lowest BCUT2D eigenvalue weighted by Gasteiger charge is -2.20. The van der Waals surface area contributed by atoms with E-state index < -0.39 is 5.97 Å². The molecule has 1 fully saturated rings. The first kappa shape index (κ1) is 12.1. The van der Waals surface area contributed by atoms with Gasteiger partial charge in [0.05, 0.1) is 12.1 Å². The Kier molecular flexibility index (Phi) is 3.17. The number of rotatable bonds is 5. The molecule has 1 heterocycles. The Morgan fingerprint density at radius 3 is 2.84 bits per heavy atom. The van der Waals surface area contributed by atoms with Gasteiger partial charge in [-0.15, -0.1) is 0 Å². The van der Waals surface area contributed by atoms with E-state index in [1.807, 2.05) is 35.2 Å². The number of fused-ring (bicyclic) bond motifs is 1. The molecule has 1 aromatic carbocycles. The van der Waals surface area contributed by atoms with Crippen LogP contribution in [0, 0.1) is 0 Å². The van der Waals surface area contributed by atoms with Crippen LogP contribution in [-0.4, -0.2) is 33.5 Å². The maximum absolute atomic E-state index is 10.9. The van der Waals surface area contributed by atoms with Crippen molar-refractivity contribution < 1.29 is 9.90 Å². The number of hydrogen-bond donors (Lipinski definition) is 1. The zero-order valence-electron chi connectivity index (χ0n) is 10.6. The summed E-state index contributed by atoms with van der Waals surface area (Å²) in [5.41, 5.74) is 2.08. The molecule has 0 aliphatic heterocycles. The number of benzene rings is 1. The first-order valence-electron chi connectivity index (χ1n) is 6.52. The summed E-state index contributed by atoms with van der Waals surface area (Å²) >= 11 is 0. The summed E-state index contributed by atoms with van der Waals surface area (Å²) in [6, 6.07) is 10.4. The van der Waals surface area contributed by atoms with Gasteiger partial charge in [0.15, 0.2) is 0 Å². The zero-order valence-corrected chi connectivity index (χ0v) is 10.6. The van der Waals surface area contributed by atoms with Gasteiger partial charge in [-0.25, -0.2) is 0 Å². The molecule has 1 aromatic heterocycles. The lowest BCUT2D eigenvalue weighted by atomic mass is 10.1. The van der Waals surface area contributed by atoms with Crippen molar-refractivity contribution in [3.05, 3.63) is 42.1 Å². The summed E-state index contributed by atoms with van der Waals surface area (Å²) in [7, 11) is 0. The third-order valence-electron chi connectivity index (χ3n) is 3.49. The monoisotopic (exact) mass is 256 g/mol. The Morgan fingerprint density at radius 1 is 1.32 bits per heavy atom. The standard InChI is InChI=1S/C15H16N2O2/c18-14(19)10-17(13-6-7-13)9-12-4-1-3-11-5-2-8-16-15(11)12/h1-5,8,13H,6-7,9-10H2,(H,18,19). The highest BCUT2D eigenvalue weighted by atomic mass is 16.4. The summed E-state index contributed by atoms with van der Waals surface area (Å²) in [4.78, 5) is 17.4. The third-order valence-corrected chi connectivity index (χ3v) is 3.49. The Balaban J connectivity index is 1.89. The number of nitrogens with zero attached hydrogens (tertiary/aromatic N) is 2. The normalized spacial score (nSPS) is 15.0. The van der Waals surface area contributed by atoms with Crippen molar-refractivity contribution >= 4 is 16.9 Å². The molecule has 0 radical (unpaired) electrons. The quantitative estimate of drug-likeness (QED) is 0.891. The van der Waals surface area contributed by atoms with Gasteiger partial charge in [0.2, 0.25) is 0 Å². The molecule has 0 unspecified atom stereocenters. The Bertz CT molecular complexity index is 603. The van der Waals surface area contributed by atoms with Gasteiger partial charge >= 0.3 is 5.97 Å². The lowest BCUT2D eigenvalue weighted by molar-refractivity contribution is -0.138. The largest absolute Gasteiger partial charge is 0.480 e. The van der Waals surface area contributed by atoms with Gasteiger partial charge < -0.3 is 5.11 Å². The van der Waals surface area contributed by atoms with E-state index in [9.17, 15) is 4.79 Å². The number of aromatic nitrogens is 1. The van der Waals surface area contributed by atoms with Crippen molar-refractivity contribution in [1.82, 2.24) is 9.88 Å². The van der Waals surface area contributed by atoms with Crippen molar-refractivity contribution in [1.29, 1.82) is 0 Å². The highest BCUT2D eigenvalue weighted by Gasteiger charge is 2.30. The van der Waals surface area contributed by atoms with Crippen molar-refractivity contribution in [2.45, 2.75) is 25.4 Å². The van der Waals surface area contributed by atoms with E-state index in [1.54, 1.807) is 6.20 Å². The summed E-state index contributed by atoms with van der Waals surface area (Å²) in [5, 5.41) is 10.1. The van der Waals surface area contributed by atoms with Crippen molar-refractivity contribution in [2.24, 2.45) is 0 Å². The fourth-order valence-corrected chi connectivity index (χ4v) is 2.44. The van der Waals surface area contributed by atoms with Gasteiger partial charge in [-0.1, -0.05) is 24.3 Å². The Hall–Kier alpha value is -1.94. The Morgan fingerprint density at radius 2 is 2.11 bits per heavy atom. The third kappa shape index (κ3) is 2.74. The van der Waals surface area contributed by atoms with Gasteiger partial charge in [0.25, 0.3) is 0 Å². The van der Waals surface area contributed by atoms with Crippen LogP contribution in [-0.2, 0) is 11.3 Å². The summed E-state index contributed by atoms with van der Waals surface area (Å²) in [5.74, 6) is -0.764. The van der Waals surface area contributed by atoms with Crippen molar-refractivity contribution in [3.8, 4) is 0 Å². The summed E-state index contributed by atoms with van der Waals surface area (Å²) in [6.45, 7) is 0.763. The van der Waals surface area contributed by atoms with E-state index in [1.165, 1.54) is 0 Å². The van der Waals surface area contributed by atoms with Crippen LogP contribution in [0.4, 0.5) is 0 Å². The molecular weight excluding hydrogens is 240 g/mol. The fourth-order valence-electron chi connectivity index (χ4n) is 2.44. The van der Waals surface area contributed by atoms with E-state index in [2.05, 4.69) is 4.98 Å². The molecule has 0 atom stereocenters. The minimum Gasteiger partial charge on any atom is -0.480 e. The van der Waals surface area contributed by atoms with Crippen LogP contribution in [0.15, 0.2) is 36.5 Å². The number of pyridine rings is 1. The van der Waals surface area contributed by atoms with E-state index >= 15 is 0 Å². The number of carbonyl (C=O) groups is 1. The van der Waals surface area contributed by atoms with Gasteiger partial charge in [0.1, 0.15) is 0 Å². The number of carboxylic acids is 1. The molecule has 1 saturated carbocycles. The maximum Gasteiger partial charge on any atom is 0.317 e. The highest BCUT2D eigenvalue weighted by molar-refractivity contribution is 5.81. The van der Waals surface area contributed by atoms with E-state index in [4.69, 9.17) is 5.11 Å². The summed E-state index contributed by atoms with van der Waals surface area (Å²) in [6.07, 6.45) is 3.99. The molecule has 3 rings (SSSR count). The molecule has 0 saturated heterocycles. The van der Waals surface area contributed by atoms with E-state index in [0.717, 1.165) is 29.3 Å². The first-order valence-corrected chi connectivity index (χ1v) is 6.52. The van der Waals surface area contributed by atoms with E-state index in [0.29, 0.717) is 12.6 Å². The van der Waals surface area contributed by atoms with Crippen molar-refractivity contribution in [3.63, 3.8) is 0 Å². The predicted octanol–water partition coefficient (Wildman–Crippen LogP) is 2.28. The zero-order chi connectivity index (χ0) is 13.2. The van der Waals surface area contributed by atoms with Crippen LogP contribution in [0.2, 0.25) is 0 Å². The second-order valence-electron chi connectivity index (χ2n) is 5.02. The molecule has 0 spiro atoms. The fraction of sp³-hybridized carbons (Fsp3) is 0.333. The molecule has 1 aliphatic rings. The van der Waals surface area contributed by atoms with Gasteiger partial charge in [-0.2, -0.15) is 0 Å². The molecule has 1 N–H and O–H groups in total. The van der Waals surface area contributed by atoms with Crippen LogP contribution in [0.3, 0.4) is 0 Å². The number of carboxylic acid groups (broad SMARTS) is 1. The summed E-state index contributed by atoms with van der Waals surface area (Å²) < 4.78 is 0. The molecule has 98 valence electrons. The smallest absolute Gasteiger partial charge is 0.317 e. The molecule has 19 heavy (non-hydrogen) atoms. The minimum absolute atomic E-state index is 0.105. The van der Waals surface area contributed by atoms with Crippen LogP contribution in [0.1, 0.15) is 18.4 Å². The average molecular weight is 256 g/mol. The molecule has 1 aliphatic carbocycles. The first-order chi connectivity index (χ1) is 9.24. The molecule has 4 nitrogen and oxygen atoms in total. The predicted molar refractivity (Wildman–Crippen MR) is 72.8 cm³/mol. The van der Waals surface area contributed by atoms with Crippen molar-refractivity contribution in [2.75, 3.05) is 6.54 Å². The SMILES string of the molecule is O=C(O)CN(Cc1cccc2cccnc12)C1CC1. The number of para-hydroxylation sites is 1. The lowest BCUT2D eigenvalue weighted by Crippen LogP contribution is -2.31. The van der Waals surface area contributed by atoms with Crippen LogP contribution >= 0.6 is 0 Å².